The highest BCUT2D eigenvalue weighted by Gasteiger charge is 2.35. The van der Waals surface area contributed by atoms with E-state index in [1.165, 1.54) is 6.07 Å². The second kappa shape index (κ2) is 3.89. The molecule has 1 saturated carbocycles. The van der Waals surface area contributed by atoms with Crippen LogP contribution in [-0.4, -0.2) is 10.1 Å². The minimum Gasteiger partial charge on any atom is -0.385 e. The van der Waals surface area contributed by atoms with Crippen LogP contribution in [0.4, 0.5) is 4.39 Å². The number of nitrogens with zero attached hydrogens (tertiary/aromatic N) is 1. The van der Waals surface area contributed by atoms with Crippen LogP contribution in [0.25, 0.3) is 0 Å². The van der Waals surface area contributed by atoms with Gasteiger partial charge in [-0.3, -0.25) is 4.98 Å². The number of halogens is 1. The van der Waals surface area contributed by atoms with Crippen molar-refractivity contribution in [3.63, 3.8) is 0 Å². The maximum absolute atomic E-state index is 13.0. The van der Waals surface area contributed by atoms with Crippen molar-refractivity contribution in [1.29, 1.82) is 0 Å². The fraction of sp³-hybridized carbons (Fsp3) is 0.583. The van der Waals surface area contributed by atoms with Gasteiger partial charge in [0.2, 0.25) is 0 Å². The van der Waals surface area contributed by atoms with Gasteiger partial charge in [-0.1, -0.05) is 12.8 Å². The zero-order chi connectivity index (χ0) is 10.9. The molecule has 1 aromatic heterocycles. The average Bonchev–Trinajstić information content (AvgIpc) is 2.71. The van der Waals surface area contributed by atoms with Crippen LogP contribution in [0.3, 0.4) is 0 Å². The van der Waals surface area contributed by atoms with Gasteiger partial charge in [0.15, 0.2) is 0 Å². The maximum Gasteiger partial charge on any atom is 0.141 e. The first kappa shape index (κ1) is 10.6. The summed E-state index contributed by atoms with van der Waals surface area (Å²) in [5, 5.41) is 10.4. The van der Waals surface area contributed by atoms with Crippen LogP contribution in [0, 0.1) is 11.7 Å². The van der Waals surface area contributed by atoms with E-state index < -0.39 is 5.60 Å². The van der Waals surface area contributed by atoms with E-state index in [0.29, 0.717) is 5.56 Å². The Bertz CT molecular complexity index is 345. The van der Waals surface area contributed by atoms with Gasteiger partial charge in [0.1, 0.15) is 5.82 Å². The monoisotopic (exact) mass is 209 g/mol. The lowest BCUT2D eigenvalue weighted by Gasteiger charge is -2.30. The number of rotatable bonds is 2. The van der Waals surface area contributed by atoms with Gasteiger partial charge >= 0.3 is 0 Å². The summed E-state index contributed by atoms with van der Waals surface area (Å²) in [5.74, 6) is -0.146. The van der Waals surface area contributed by atoms with Crippen LogP contribution in [0.1, 0.15) is 38.2 Å². The van der Waals surface area contributed by atoms with E-state index in [9.17, 15) is 9.50 Å². The molecule has 0 spiro atoms. The highest BCUT2D eigenvalue weighted by molar-refractivity contribution is 5.19. The summed E-state index contributed by atoms with van der Waals surface area (Å²) in [6.45, 7) is 1.76. The molecule has 0 amide bonds. The van der Waals surface area contributed by atoms with Gasteiger partial charge in [-0.15, -0.1) is 0 Å². The first-order chi connectivity index (χ1) is 7.10. The Kier molecular flexibility index (Phi) is 2.74. The second-order valence-corrected chi connectivity index (χ2v) is 4.52. The molecular weight excluding hydrogens is 193 g/mol. The number of pyridine rings is 1. The Morgan fingerprint density at radius 2 is 2.07 bits per heavy atom. The van der Waals surface area contributed by atoms with E-state index in [2.05, 4.69) is 4.98 Å². The lowest BCUT2D eigenvalue weighted by Crippen LogP contribution is -2.30. The van der Waals surface area contributed by atoms with E-state index in [1.807, 2.05) is 0 Å². The van der Waals surface area contributed by atoms with E-state index in [0.717, 1.165) is 31.9 Å². The van der Waals surface area contributed by atoms with Gasteiger partial charge in [0, 0.05) is 11.8 Å². The summed E-state index contributed by atoms with van der Waals surface area (Å²) in [6, 6.07) is 1.38. The van der Waals surface area contributed by atoms with Gasteiger partial charge in [-0.05, 0) is 31.7 Å². The van der Waals surface area contributed by atoms with Crippen molar-refractivity contribution in [2.24, 2.45) is 5.92 Å². The number of hydrogen-bond acceptors (Lipinski definition) is 2. The highest BCUT2D eigenvalue weighted by Crippen LogP contribution is 2.39. The number of aliphatic hydroxyl groups is 1. The van der Waals surface area contributed by atoms with Crippen LogP contribution < -0.4 is 0 Å². The Balaban J connectivity index is 2.27. The quantitative estimate of drug-likeness (QED) is 0.812. The molecule has 1 atom stereocenters. The van der Waals surface area contributed by atoms with E-state index >= 15 is 0 Å². The van der Waals surface area contributed by atoms with Crippen LogP contribution >= 0.6 is 0 Å². The Labute approximate surface area is 89.2 Å². The zero-order valence-electron chi connectivity index (χ0n) is 8.91. The van der Waals surface area contributed by atoms with E-state index in [1.54, 1.807) is 13.1 Å². The Hall–Kier alpha value is -0.960. The predicted octanol–water partition coefficient (Wildman–Crippen LogP) is 2.62. The van der Waals surface area contributed by atoms with Crippen LogP contribution in [-0.2, 0) is 5.60 Å². The normalized spacial score (nSPS) is 21.5. The van der Waals surface area contributed by atoms with Gasteiger partial charge in [-0.25, -0.2) is 4.39 Å². The molecule has 1 unspecified atom stereocenters. The highest BCUT2D eigenvalue weighted by atomic mass is 19.1. The van der Waals surface area contributed by atoms with Crippen molar-refractivity contribution in [1.82, 2.24) is 4.98 Å². The third-order valence-corrected chi connectivity index (χ3v) is 3.44. The molecule has 0 radical (unpaired) electrons. The van der Waals surface area contributed by atoms with Crippen molar-refractivity contribution >= 4 is 0 Å². The molecule has 3 heteroatoms. The van der Waals surface area contributed by atoms with Crippen molar-refractivity contribution in [2.75, 3.05) is 0 Å². The fourth-order valence-electron chi connectivity index (χ4n) is 2.41. The molecule has 1 aliphatic carbocycles. The van der Waals surface area contributed by atoms with Crippen LogP contribution in [0.2, 0.25) is 0 Å². The molecular formula is C12H16FNO. The topological polar surface area (TPSA) is 33.1 Å². The van der Waals surface area contributed by atoms with Crippen molar-refractivity contribution in [3.8, 4) is 0 Å². The first-order valence-electron chi connectivity index (χ1n) is 5.44. The fourth-order valence-corrected chi connectivity index (χ4v) is 2.41. The summed E-state index contributed by atoms with van der Waals surface area (Å²) in [4.78, 5) is 3.79. The van der Waals surface area contributed by atoms with E-state index in [4.69, 9.17) is 0 Å². The van der Waals surface area contributed by atoms with Gasteiger partial charge in [-0.2, -0.15) is 0 Å². The molecule has 0 bridgehead atoms. The molecule has 1 N–H and O–H groups in total. The molecule has 0 aromatic carbocycles. The third-order valence-electron chi connectivity index (χ3n) is 3.44. The first-order valence-corrected chi connectivity index (χ1v) is 5.44. The molecule has 1 fully saturated rings. The predicted molar refractivity (Wildman–Crippen MR) is 55.7 cm³/mol. The lowest BCUT2D eigenvalue weighted by molar-refractivity contribution is -0.00390. The summed E-state index contributed by atoms with van der Waals surface area (Å²) in [6.07, 6.45) is 7.07. The van der Waals surface area contributed by atoms with Crippen molar-refractivity contribution < 1.29 is 9.50 Å². The summed E-state index contributed by atoms with van der Waals surface area (Å²) in [7, 11) is 0. The summed E-state index contributed by atoms with van der Waals surface area (Å²) >= 11 is 0. The molecule has 0 aliphatic heterocycles. The average molecular weight is 209 g/mol. The SMILES string of the molecule is CC(O)(c1cncc(F)c1)C1CCCC1. The third kappa shape index (κ3) is 2.02. The van der Waals surface area contributed by atoms with Gasteiger partial charge in [0.05, 0.1) is 11.8 Å². The minimum atomic E-state index is -0.939. The molecule has 0 saturated heterocycles. The van der Waals surface area contributed by atoms with Crippen LogP contribution in [0.15, 0.2) is 18.5 Å². The van der Waals surface area contributed by atoms with Crippen LogP contribution in [0.5, 0.6) is 0 Å². The molecule has 2 rings (SSSR count). The zero-order valence-corrected chi connectivity index (χ0v) is 8.91. The van der Waals surface area contributed by atoms with Crippen molar-refractivity contribution in [2.45, 2.75) is 38.2 Å². The summed E-state index contributed by atoms with van der Waals surface area (Å²) < 4.78 is 13.0. The molecule has 2 nitrogen and oxygen atoms in total. The van der Waals surface area contributed by atoms with Gasteiger partial charge < -0.3 is 5.11 Å². The van der Waals surface area contributed by atoms with Crippen molar-refractivity contribution in [3.05, 3.63) is 29.8 Å². The maximum atomic E-state index is 13.0. The van der Waals surface area contributed by atoms with Gasteiger partial charge in [0.25, 0.3) is 0 Å². The molecule has 1 heterocycles. The molecule has 1 aliphatic rings. The second-order valence-electron chi connectivity index (χ2n) is 4.52. The minimum absolute atomic E-state index is 0.237. The molecule has 82 valence electrons. The van der Waals surface area contributed by atoms with E-state index in [-0.39, 0.29) is 11.7 Å². The largest absolute Gasteiger partial charge is 0.385 e. The standard InChI is InChI=1S/C12H16FNO/c1-12(15,9-4-2-3-5-9)10-6-11(13)8-14-7-10/h6-9,15H,2-5H2,1H3. The smallest absolute Gasteiger partial charge is 0.141 e. The number of hydrogen-bond donors (Lipinski definition) is 1. The Morgan fingerprint density at radius 3 is 2.67 bits per heavy atom. The lowest BCUT2D eigenvalue weighted by atomic mass is 9.82. The Morgan fingerprint density at radius 1 is 1.40 bits per heavy atom. The summed E-state index contributed by atoms with van der Waals surface area (Å²) in [5.41, 5.74) is -0.347. The molecule has 15 heavy (non-hydrogen) atoms. The molecule has 1 aromatic rings. The number of aromatic nitrogens is 1.